The van der Waals surface area contributed by atoms with E-state index >= 15 is 0 Å². The first-order valence-corrected chi connectivity index (χ1v) is 14.2. The largest absolute Gasteiger partial charge is 0.493 e. The average molecular weight is 487 g/mol. The third-order valence-corrected chi connectivity index (χ3v) is 8.09. The molecule has 0 aromatic heterocycles. The molecule has 1 heterocycles. The Morgan fingerprint density at radius 1 is 1.09 bits per heavy atom. The number of hydrogen-bond acceptors (Lipinski definition) is 5. The summed E-state index contributed by atoms with van der Waals surface area (Å²) in [5, 5.41) is 0. The highest BCUT2D eigenvalue weighted by Gasteiger charge is 2.43. The Morgan fingerprint density at radius 3 is 2.50 bits per heavy atom. The van der Waals surface area contributed by atoms with Crippen molar-refractivity contribution in [3.63, 3.8) is 0 Å². The lowest BCUT2D eigenvalue weighted by molar-refractivity contribution is 0.200. The summed E-state index contributed by atoms with van der Waals surface area (Å²) < 4.78 is 38.1. The van der Waals surface area contributed by atoms with E-state index in [0.29, 0.717) is 6.54 Å². The lowest BCUT2D eigenvalue weighted by Gasteiger charge is -2.31. The molecule has 0 bridgehead atoms. The highest BCUT2D eigenvalue weighted by Crippen LogP contribution is 2.47. The number of benzene rings is 2. The van der Waals surface area contributed by atoms with Crippen molar-refractivity contribution in [1.29, 1.82) is 0 Å². The topological polar surface area (TPSA) is 67.9 Å². The van der Waals surface area contributed by atoms with E-state index in [0.717, 1.165) is 50.4 Å². The Morgan fingerprint density at radius 2 is 1.82 bits per heavy atom. The van der Waals surface area contributed by atoms with Crippen LogP contribution in [0.2, 0.25) is 0 Å². The second kappa shape index (κ2) is 10.7. The second-order valence-corrected chi connectivity index (χ2v) is 12.0. The minimum Gasteiger partial charge on any atom is -0.493 e. The molecule has 0 unspecified atom stereocenters. The quantitative estimate of drug-likeness (QED) is 0.533. The first-order chi connectivity index (χ1) is 16.3. The number of rotatable bonds is 10. The molecule has 1 saturated heterocycles. The number of ether oxygens (including phenoxy) is 2. The molecule has 4 rings (SSSR count). The van der Waals surface area contributed by atoms with E-state index in [2.05, 4.69) is 52.9 Å². The molecule has 1 aliphatic carbocycles. The van der Waals surface area contributed by atoms with Gasteiger partial charge in [0, 0.05) is 32.1 Å². The van der Waals surface area contributed by atoms with Crippen LogP contribution in [0.15, 0.2) is 48.5 Å². The minimum absolute atomic E-state index is 0.0777. The molecular formula is C27H38N2O4S. The molecule has 0 amide bonds. The van der Waals surface area contributed by atoms with Gasteiger partial charge in [-0.1, -0.05) is 43.3 Å². The fraction of sp³-hybridized carbons (Fsp3) is 0.556. The second-order valence-electron chi connectivity index (χ2n) is 10.2. The lowest BCUT2D eigenvalue weighted by Crippen LogP contribution is -2.32. The van der Waals surface area contributed by atoms with Gasteiger partial charge in [0.25, 0.3) is 0 Å². The summed E-state index contributed by atoms with van der Waals surface area (Å²) in [6.07, 6.45) is 6.87. The first-order valence-electron chi connectivity index (χ1n) is 12.3. The van der Waals surface area contributed by atoms with Crippen LogP contribution < -0.4 is 14.2 Å². The van der Waals surface area contributed by atoms with Crippen LogP contribution in [-0.2, 0) is 16.6 Å². The van der Waals surface area contributed by atoms with Crippen molar-refractivity contribution in [2.45, 2.75) is 57.6 Å². The normalized spacial score (nSPS) is 23.9. The highest BCUT2D eigenvalue weighted by molar-refractivity contribution is 7.88. The van der Waals surface area contributed by atoms with E-state index in [1.807, 2.05) is 12.1 Å². The van der Waals surface area contributed by atoms with Crippen molar-refractivity contribution in [2.75, 3.05) is 33.0 Å². The van der Waals surface area contributed by atoms with Crippen molar-refractivity contribution < 1.29 is 17.9 Å². The predicted octanol–water partition coefficient (Wildman–Crippen LogP) is 4.56. The maximum absolute atomic E-state index is 11.7. The van der Waals surface area contributed by atoms with E-state index in [4.69, 9.17) is 9.47 Å². The molecule has 2 aromatic carbocycles. The molecule has 1 saturated carbocycles. The Bertz CT molecular complexity index is 1050. The zero-order chi connectivity index (χ0) is 24.2. The van der Waals surface area contributed by atoms with Gasteiger partial charge in [0.15, 0.2) is 11.5 Å². The van der Waals surface area contributed by atoms with E-state index in [-0.39, 0.29) is 17.4 Å². The predicted molar refractivity (Wildman–Crippen MR) is 136 cm³/mol. The average Bonchev–Trinajstić information content (AvgIpc) is 3.41. The van der Waals surface area contributed by atoms with Crippen molar-refractivity contribution in [2.24, 2.45) is 5.41 Å². The Balaban J connectivity index is 1.58. The molecule has 1 aliphatic heterocycles. The monoisotopic (exact) mass is 486 g/mol. The molecular weight excluding hydrogens is 448 g/mol. The summed E-state index contributed by atoms with van der Waals surface area (Å²) in [5.41, 5.74) is 2.44. The molecule has 2 aliphatic rings. The number of sulfonamides is 1. The fourth-order valence-corrected chi connectivity index (χ4v) is 6.07. The van der Waals surface area contributed by atoms with Crippen LogP contribution in [0.4, 0.5) is 0 Å². The van der Waals surface area contributed by atoms with Crippen molar-refractivity contribution in [1.82, 2.24) is 9.62 Å². The van der Waals surface area contributed by atoms with Crippen molar-refractivity contribution in [3.8, 4) is 11.5 Å². The van der Waals surface area contributed by atoms with Crippen LogP contribution in [0.1, 0.15) is 56.1 Å². The number of methoxy groups -OCH3 is 1. The van der Waals surface area contributed by atoms with Gasteiger partial charge in [-0.15, -0.1) is 0 Å². The smallest absolute Gasteiger partial charge is 0.208 e. The maximum Gasteiger partial charge on any atom is 0.208 e. The van der Waals surface area contributed by atoms with Gasteiger partial charge < -0.3 is 9.47 Å². The van der Waals surface area contributed by atoms with Gasteiger partial charge in [0.05, 0.1) is 19.5 Å². The summed E-state index contributed by atoms with van der Waals surface area (Å²) in [7, 11) is -1.53. The Hall–Kier alpha value is -2.09. The Labute approximate surface area is 204 Å². The van der Waals surface area contributed by atoms with E-state index in [1.165, 1.54) is 30.2 Å². The van der Waals surface area contributed by atoms with E-state index in [9.17, 15) is 8.42 Å². The SMILES string of the molecule is COc1ccc([C@@H]2CN(Cc3ccccc3)C[C@@]2(C)CCNS(C)(=O)=O)cc1OC1CCCC1. The molecule has 34 heavy (non-hydrogen) atoms. The minimum atomic E-state index is -3.22. The van der Waals surface area contributed by atoms with Crippen LogP contribution >= 0.6 is 0 Å². The van der Waals surface area contributed by atoms with Crippen molar-refractivity contribution in [3.05, 3.63) is 59.7 Å². The van der Waals surface area contributed by atoms with Crippen molar-refractivity contribution >= 4 is 10.0 Å². The molecule has 2 fully saturated rings. The molecule has 1 N–H and O–H groups in total. The lowest BCUT2D eigenvalue weighted by atomic mass is 9.74. The molecule has 7 heteroatoms. The highest BCUT2D eigenvalue weighted by atomic mass is 32.2. The van der Waals surface area contributed by atoms with Crippen LogP contribution in [0.25, 0.3) is 0 Å². The maximum atomic E-state index is 11.7. The van der Waals surface area contributed by atoms with Gasteiger partial charge in [0.2, 0.25) is 10.0 Å². The van der Waals surface area contributed by atoms with Gasteiger partial charge >= 0.3 is 0 Å². The van der Waals surface area contributed by atoms with Gasteiger partial charge in [-0.25, -0.2) is 13.1 Å². The molecule has 0 radical (unpaired) electrons. The number of nitrogens with one attached hydrogen (secondary N) is 1. The van der Waals surface area contributed by atoms with E-state index < -0.39 is 10.0 Å². The summed E-state index contributed by atoms with van der Waals surface area (Å²) in [5.74, 6) is 1.86. The number of hydrogen-bond donors (Lipinski definition) is 1. The number of likely N-dealkylation sites (tertiary alicyclic amines) is 1. The van der Waals surface area contributed by atoms with Gasteiger partial charge in [-0.2, -0.15) is 0 Å². The fourth-order valence-electron chi connectivity index (χ4n) is 5.60. The molecule has 2 atom stereocenters. The zero-order valence-electron chi connectivity index (χ0n) is 20.6. The van der Waals surface area contributed by atoms with Gasteiger partial charge in [-0.3, -0.25) is 4.90 Å². The standard InChI is InChI=1S/C27H38N2O4S/c1-27(15-16-28-34(3,30)31)20-29(18-21-9-5-4-6-10-21)19-24(27)22-13-14-25(32-2)26(17-22)33-23-11-7-8-12-23/h4-6,9-10,13-14,17,23-24,28H,7-8,11-12,15-16,18-20H2,1-3H3/t24-,27+/m0/s1. The molecule has 186 valence electrons. The third-order valence-electron chi connectivity index (χ3n) is 7.36. The summed E-state index contributed by atoms with van der Waals surface area (Å²) in [4.78, 5) is 2.49. The van der Waals surface area contributed by atoms with Crippen LogP contribution in [0.3, 0.4) is 0 Å². The molecule has 2 aromatic rings. The summed E-state index contributed by atoms with van der Waals surface area (Å²) >= 11 is 0. The van der Waals surface area contributed by atoms with Crippen LogP contribution in [0.5, 0.6) is 11.5 Å². The Kier molecular flexibility index (Phi) is 7.85. The summed E-state index contributed by atoms with van der Waals surface area (Å²) in [6, 6.07) is 16.9. The molecule has 6 nitrogen and oxygen atoms in total. The number of nitrogens with zero attached hydrogens (tertiary/aromatic N) is 1. The van der Waals surface area contributed by atoms with Crippen LogP contribution in [0, 0.1) is 5.41 Å². The summed E-state index contributed by atoms with van der Waals surface area (Å²) in [6.45, 7) is 5.43. The molecule has 0 spiro atoms. The van der Waals surface area contributed by atoms with E-state index in [1.54, 1.807) is 7.11 Å². The van der Waals surface area contributed by atoms with Gasteiger partial charge in [-0.05, 0) is 60.8 Å². The third kappa shape index (κ3) is 6.32. The zero-order valence-corrected chi connectivity index (χ0v) is 21.4. The van der Waals surface area contributed by atoms with Crippen LogP contribution in [-0.4, -0.2) is 52.4 Å². The van der Waals surface area contributed by atoms with Gasteiger partial charge in [0.1, 0.15) is 0 Å². The first kappa shape index (κ1) is 25.0.